The van der Waals surface area contributed by atoms with E-state index in [1.165, 1.54) is 0 Å². The Morgan fingerprint density at radius 2 is 1.84 bits per heavy atom. The van der Waals surface area contributed by atoms with Crippen molar-refractivity contribution in [1.82, 2.24) is 14.8 Å². The number of likely N-dealkylation sites (N-methyl/N-ethyl adjacent to an activating group) is 1. The fourth-order valence-electron chi connectivity index (χ4n) is 3.58. The highest BCUT2D eigenvalue weighted by Gasteiger charge is 2.22. The van der Waals surface area contributed by atoms with Crippen LogP contribution in [0.2, 0.25) is 0 Å². The van der Waals surface area contributed by atoms with Gasteiger partial charge in [-0.1, -0.05) is 36.4 Å². The maximum Gasteiger partial charge on any atom is 0.267 e. The molecule has 0 radical (unpaired) electrons. The van der Waals surface area contributed by atoms with Gasteiger partial charge in [0, 0.05) is 38.4 Å². The Balaban J connectivity index is 1.71. The van der Waals surface area contributed by atoms with Gasteiger partial charge >= 0.3 is 0 Å². The highest BCUT2D eigenvalue weighted by molar-refractivity contribution is 5.94. The van der Waals surface area contributed by atoms with Gasteiger partial charge in [0.15, 0.2) is 0 Å². The van der Waals surface area contributed by atoms with Crippen molar-refractivity contribution in [3.8, 4) is 5.75 Å². The average molecular weight is 420 g/mol. The molecule has 0 fully saturated rings. The minimum absolute atomic E-state index is 0.0742. The van der Waals surface area contributed by atoms with Crippen molar-refractivity contribution in [2.45, 2.75) is 18.9 Å². The van der Waals surface area contributed by atoms with Crippen LogP contribution in [0.4, 0.5) is 0 Å². The highest BCUT2D eigenvalue weighted by atomic mass is 16.5. The van der Waals surface area contributed by atoms with E-state index >= 15 is 0 Å². The minimum atomic E-state index is -0.118. The van der Waals surface area contributed by atoms with E-state index in [-0.39, 0.29) is 17.9 Å². The number of nitrogens with zero attached hydrogens (tertiary/aromatic N) is 2. The van der Waals surface area contributed by atoms with Crippen molar-refractivity contribution >= 4 is 11.8 Å². The second kappa shape index (κ2) is 10.5. The Hall–Kier alpha value is -3.54. The molecule has 0 aliphatic heterocycles. The quantitative estimate of drug-likeness (QED) is 0.577. The number of carbonyl (C=O) groups is 2. The third-order valence-electron chi connectivity index (χ3n) is 5.44. The van der Waals surface area contributed by atoms with Crippen LogP contribution in [-0.2, 0) is 13.5 Å². The second-order valence-corrected chi connectivity index (χ2v) is 7.54. The number of amides is 2. The van der Waals surface area contributed by atoms with E-state index in [1.54, 1.807) is 34.8 Å². The normalized spacial score (nSPS) is 11.6. The third kappa shape index (κ3) is 5.75. The Labute approximate surface area is 183 Å². The predicted molar refractivity (Wildman–Crippen MR) is 121 cm³/mol. The van der Waals surface area contributed by atoms with Gasteiger partial charge in [-0.15, -0.1) is 0 Å². The molecule has 162 valence electrons. The number of nitrogens with one attached hydrogen (secondary N) is 1. The molecular formula is C25H29N3O3. The molecule has 6 heteroatoms. The summed E-state index contributed by atoms with van der Waals surface area (Å²) in [6, 6.07) is 20.8. The van der Waals surface area contributed by atoms with E-state index in [1.807, 2.05) is 56.7 Å². The van der Waals surface area contributed by atoms with Crippen LogP contribution < -0.4 is 10.1 Å². The van der Waals surface area contributed by atoms with Gasteiger partial charge < -0.3 is 19.5 Å². The third-order valence-corrected chi connectivity index (χ3v) is 5.44. The average Bonchev–Trinajstić information content (AvgIpc) is 3.24. The van der Waals surface area contributed by atoms with E-state index in [0.29, 0.717) is 36.4 Å². The first-order chi connectivity index (χ1) is 15.0. The summed E-state index contributed by atoms with van der Waals surface area (Å²) < 4.78 is 7.04. The van der Waals surface area contributed by atoms with E-state index in [2.05, 4.69) is 17.4 Å². The number of ether oxygens (including phenoxy) is 1. The Bertz CT molecular complexity index is 1010. The van der Waals surface area contributed by atoms with Crippen LogP contribution in [0.15, 0.2) is 72.9 Å². The zero-order chi connectivity index (χ0) is 22.2. The van der Waals surface area contributed by atoms with E-state index in [0.717, 1.165) is 5.56 Å². The molecule has 0 saturated carbocycles. The van der Waals surface area contributed by atoms with Crippen molar-refractivity contribution in [1.29, 1.82) is 0 Å². The standard InChI is InChI=1S/C25H29N3O3/c1-27-16-8-13-23(27)24(29)26-15-14-21(17-19-9-5-4-6-10-19)28(2)25(30)20-11-7-12-22(18-20)31-3/h4-13,16,18,21H,14-15,17H2,1-3H3,(H,26,29)/t21-/m1/s1. The molecule has 1 heterocycles. The monoisotopic (exact) mass is 419 g/mol. The molecule has 3 rings (SSSR count). The molecular weight excluding hydrogens is 390 g/mol. The van der Waals surface area contributed by atoms with E-state index in [4.69, 9.17) is 4.74 Å². The fraction of sp³-hybridized carbons (Fsp3) is 0.280. The summed E-state index contributed by atoms with van der Waals surface area (Å²) in [6.07, 6.45) is 3.18. The lowest BCUT2D eigenvalue weighted by Crippen LogP contribution is -2.41. The van der Waals surface area contributed by atoms with Gasteiger partial charge in [-0.05, 0) is 48.7 Å². The summed E-state index contributed by atoms with van der Waals surface area (Å²) in [6.45, 7) is 0.469. The molecule has 0 saturated heterocycles. The largest absolute Gasteiger partial charge is 0.497 e. The molecule has 0 unspecified atom stereocenters. The number of aryl methyl sites for hydroxylation is 1. The van der Waals surface area contributed by atoms with Crippen LogP contribution in [0.25, 0.3) is 0 Å². The highest BCUT2D eigenvalue weighted by Crippen LogP contribution is 2.18. The zero-order valence-electron chi connectivity index (χ0n) is 18.2. The molecule has 1 aromatic heterocycles. The summed E-state index contributed by atoms with van der Waals surface area (Å²) in [4.78, 5) is 27.3. The maximum absolute atomic E-state index is 13.2. The first-order valence-electron chi connectivity index (χ1n) is 10.3. The van der Waals surface area contributed by atoms with Crippen LogP contribution in [-0.4, -0.2) is 48.0 Å². The zero-order valence-corrected chi connectivity index (χ0v) is 18.2. The van der Waals surface area contributed by atoms with Gasteiger partial charge in [0.2, 0.25) is 0 Å². The molecule has 2 aromatic carbocycles. The van der Waals surface area contributed by atoms with Crippen LogP contribution in [0, 0.1) is 0 Å². The lowest BCUT2D eigenvalue weighted by atomic mass is 10.0. The number of aromatic nitrogens is 1. The molecule has 0 aliphatic rings. The van der Waals surface area contributed by atoms with Gasteiger partial charge in [0.05, 0.1) is 7.11 Å². The predicted octanol–water partition coefficient (Wildman–Crippen LogP) is 3.54. The molecule has 6 nitrogen and oxygen atoms in total. The molecule has 1 N–H and O–H groups in total. The van der Waals surface area contributed by atoms with Crippen LogP contribution >= 0.6 is 0 Å². The van der Waals surface area contributed by atoms with Gasteiger partial charge in [0.1, 0.15) is 11.4 Å². The smallest absolute Gasteiger partial charge is 0.267 e. The van der Waals surface area contributed by atoms with E-state index < -0.39 is 0 Å². The fourth-order valence-corrected chi connectivity index (χ4v) is 3.58. The van der Waals surface area contributed by atoms with Crippen molar-refractivity contribution in [2.24, 2.45) is 7.05 Å². The Morgan fingerprint density at radius 3 is 2.52 bits per heavy atom. The van der Waals surface area contributed by atoms with Crippen LogP contribution in [0.1, 0.15) is 32.8 Å². The van der Waals surface area contributed by atoms with Gasteiger partial charge in [-0.3, -0.25) is 9.59 Å². The SMILES string of the molecule is COc1cccc(C(=O)N(C)[C@H](CCNC(=O)c2cccn2C)Cc2ccccc2)c1. The molecule has 0 aliphatic carbocycles. The number of methoxy groups -OCH3 is 1. The van der Waals surface area contributed by atoms with Crippen molar-refractivity contribution in [3.63, 3.8) is 0 Å². The number of rotatable bonds is 9. The Morgan fingerprint density at radius 1 is 1.06 bits per heavy atom. The summed E-state index contributed by atoms with van der Waals surface area (Å²) in [5.74, 6) is 0.454. The number of benzene rings is 2. The summed E-state index contributed by atoms with van der Waals surface area (Å²) in [5, 5.41) is 2.98. The first-order valence-corrected chi connectivity index (χ1v) is 10.3. The topological polar surface area (TPSA) is 63.6 Å². The van der Waals surface area contributed by atoms with Gasteiger partial charge in [-0.2, -0.15) is 0 Å². The lowest BCUT2D eigenvalue weighted by Gasteiger charge is -2.29. The number of hydrogen-bond acceptors (Lipinski definition) is 3. The number of hydrogen-bond donors (Lipinski definition) is 1. The summed E-state index contributed by atoms with van der Waals surface area (Å²) >= 11 is 0. The summed E-state index contributed by atoms with van der Waals surface area (Å²) in [7, 11) is 5.24. The van der Waals surface area contributed by atoms with Gasteiger partial charge in [-0.25, -0.2) is 0 Å². The van der Waals surface area contributed by atoms with Crippen molar-refractivity contribution in [3.05, 3.63) is 89.7 Å². The summed E-state index contributed by atoms with van der Waals surface area (Å²) in [5.41, 5.74) is 2.33. The number of carbonyl (C=O) groups excluding carboxylic acids is 2. The molecule has 3 aromatic rings. The van der Waals surface area contributed by atoms with Gasteiger partial charge in [0.25, 0.3) is 11.8 Å². The Kier molecular flexibility index (Phi) is 7.49. The maximum atomic E-state index is 13.2. The molecule has 0 spiro atoms. The molecule has 31 heavy (non-hydrogen) atoms. The molecule has 2 amide bonds. The van der Waals surface area contributed by atoms with Crippen LogP contribution in [0.3, 0.4) is 0 Å². The minimum Gasteiger partial charge on any atom is -0.497 e. The van der Waals surface area contributed by atoms with E-state index in [9.17, 15) is 9.59 Å². The van der Waals surface area contributed by atoms with Crippen LogP contribution in [0.5, 0.6) is 5.75 Å². The first kappa shape index (κ1) is 22.2. The van der Waals surface area contributed by atoms with Crippen molar-refractivity contribution < 1.29 is 14.3 Å². The second-order valence-electron chi connectivity index (χ2n) is 7.54. The molecule has 1 atom stereocenters. The van der Waals surface area contributed by atoms with Crippen molar-refractivity contribution in [2.75, 3.05) is 20.7 Å². The molecule has 0 bridgehead atoms. The lowest BCUT2D eigenvalue weighted by molar-refractivity contribution is 0.0722.